The number of hydrogen-bond acceptors (Lipinski definition) is 7. The lowest BCUT2D eigenvalue weighted by atomic mass is 9.65. The van der Waals surface area contributed by atoms with Gasteiger partial charge in [-0.2, -0.15) is 0 Å². The lowest BCUT2D eigenvalue weighted by Crippen LogP contribution is -2.59. The Kier molecular flexibility index (Phi) is 8.96. The number of piperidine rings is 2. The van der Waals surface area contributed by atoms with Crippen LogP contribution < -0.4 is 11.3 Å². The molecule has 3 heterocycles. The summed E-state index contributed by atoms with van der Waals surface area (Å²) in [5.74, 6) is 1.67. The lowest BCUT2D eigenvalue weighted by Gasteiger charge is -2.55. The van der Waals surface area contributed by atoms with Crippen LogP contribution in [0.2, 0.25) is 0 Å². The van der Waals surface area contributed by atoms with Crippen LogP contribution in [0.3, 0.4) is 0 Å². The lowest BCUT2D eigenvalue weighted by molar-refractivity contribution is -0.136. The number of benzene rings is 1. The molecular formula is C33H47N5O4. The molecule has 3 N–H and O–H groups in total. The van der Waals surface area contributed by atoms with E-state index in [-0.39, 0.29) is 30.1 Å². The average molecular weight is 578 g/mol. The van der Waals surface area contributed by atoms with Crippen molar-refractivity contribution < 1.29 is 14.7 Å². The fraction of sp³-hybridized carbons (Fsp3) is 0.697. The predicted octanol–water partition coefficient (Wildman–Crippen LogP) is 5.10. The van der Waals surface area contributed by atoms with Gasteiger partial charge in [0, 0.05) is 30.6 Å². The van der Waals surface area contributed by atoms with Crippen LogP contribution in [0.25, 0.3) is 11.0 Å². The topological polar surface area (TPSA) is 123 Å². The summed E-state index contributed by atoms with van der Waals surface area (Å²) in [6, 6.07) is 9.54. The Labute approximate surface area is 248 Å². The summed E-state index contributed by atoms with van der Waals surface area (Å²) >= 11 is 0. The summed E-state index contributed by atoms with van der Waals surface area (Å²) in [7, 11) is 0. The van der Waals surface area contributed by atoms with Crippen LogP contribution in [0.4, 0.5) is 0 Å². The molecule has 0 radical (unpaired) electrons. The first kappa shape index (κ1) is 29.3. The number of oxime groups is 1. The van der Waals surface area contributed by atoms with Crippen molar-refractivity contribution in [2.75, 3.05) is 13.2 Å². The van der Waals surface area contributed by atoms with E-state index in [1.807, 2.05) is 28.8 Å². The number of fused-ring (bicyclic) bond motifs is 5. The van der Waals surface area contributed by atoms with Crippen LogP contribution in [0.5, 0.6) is 0 Å². The van der Waals surface area contributed by atoms with Crippen LogP contribution in [-0.2, 0) is 9.63 Å². The minimum atomic E-state index is -0.952. The maximum Gasteiger partial charge on any atom is 0.303 e. The molecule has 4 unspecified atom stereocenters. The van der Waals surface area contributed by atoms with Crippen molar-refractivity contribution in [3.8, 4) is 0 Å². The minimum absolute atomic E-state index is 0.0673. The SMILES string of the molecule is CC1CC2CC(C1)CC(N1C3CCCC1CC(n1c(=O)c(/C(CCC(=O)O)=N/OCCCN)nc4ccccc41)C3)C2. The summed E-state index contributed by atoms with van der Waals surface area (Å²) in [6.45, 7) is 3.20. The van der Waals surface area contributed by atoms with Crippen molar-refractivity contribution in [2.24, 2.45) is 28.6 Å². The number of carbonyl (C=O) groups is 1. The largest absolute Gasteiger partial charge is 0.481 e. The smallest absolute Gasteiger partial charge is 0.303 e. The summed E-state index contributed by atoms with van der Waals surface area (Å²) in [5.41, 5.74) is 7.45. The average Bonchev–Trinajstić information content (AvgIpc) is 2.95. The molecule has 228 valence electrons. The second kappa shape index (κ2) is 12.8. The van der Waals surface area contributed by atoms with E-state index in [0.717, 1.165) is 41.6 Å². The number of aromatic nitrogens is 2. The van der Waals surface area contributed by atoms with Gasteiger partial charge in [-0.25, -0.2) is 4.98 Å². The van der Waals surface area contributed by atoms with Crippen molar-refractivity contribution in [2.45, 2.75) is 115 Å². The first-order valence-electron chi connectivity index (χ1n) is 16.3. The summed E-state index contributed by atoms with van der Waals surface area (Å²) < 4.78 is 1.97. The standard InChI is InChI=1S/C33H47N5O4/c1-21-14-22-16-23(15-21)18-26(17-22)37-24-6-4-7-25(37)20-27(19-24)38-30-9-3-2-8-28(30)35-32(33(38)41)29(10-11-31(39)40)36-42-13-5-12-34/h2-3,8-9,21-27H,4-7,10-20,34H2,1H3,(H,39,40)/b36-29+. The van der Waals surface area contributed by atoms with Crippen LogP contribution in [0.1, 0.15) is 102 Å². The Morgan fingerprint density at radius 3 is 2.40 bits per heavy atom. The van der Waals surface area contributed by atoms with Gasteiger partial charge in [-0.05, 0) is 101 Å². The Bertz CT molecular complexity index is 1330. The molecule has 0 amide bonds. The van der Waals surface area contributed by atoms with Gasteiger partial charge in [0.1, 0.15) is 12.3 Å². The van der Waals surface area contributed by atoms with Gasteiger partial charge in [-0.1, -0.05) is 30.6 Å². The van der Waals surface area contributed by atoms with Gasteiger partial charge < -0.3 is 20.2 Å². The maximum absolute atomic E-state index is 14.3. The highest BCUT2D eigenvalue weighted by Crippen LogP contribution is 2.48. The highest BCUT2D eigenvalue weighted by Gasteiger charge is 2.46. The second-order valence-electron chi connectivity index (χ2n) is 13.5. The molecular weight excluding hydrogens is 530 g/mol. The predicted molar refractivity (Wildman–Crippen MR) is 164 cm³/mol. The number of para-hydroxylation sites is 2. The number of nitrogens with two attached hydrogens (primary N) is 1. The molecule has 6 rings (SSSR count). The highest BCUT2D eigenvalue weighted by atomic mass is 16.6. The number of nitrogens with zero attached hydrogens (tertiary/aromatic N) is 4. The molecule has 1 aromatic carbocycles. The first-order valence-corrected chi connectivity index (χ1v) is 16.3. The molecule has 4 aliphatic rings. The van der Waals surface area contributed by atoms with E-state index in [1.54, 1.807) is 0 Å². The van der Waals surface area contributed by atoms with E-state index in [2.05, 4.69) is 17.0 Å². The molecule has 2 saturated heterocycles. The molecule has 2 aliphatic carbocycles. The van der Waals surface area contributed by atoms with Gasteiger partial charge in [0.2, 0.25) is 0 Å². The third-order valence-corrected chi connectivity index (χ3v) is 10.4. The zero-order valence-electron chi connectivity index (χ0n) is 25.0. The molecule has 0 spiro atoms. The number of aliphatic carboxylic acids is 1. The minimum Gasteiger partial charge on any atom is -0.481 e. The van der Waals surface area contributed by atoms with Crippen LogP contribution in [0, 0.1) is 17.8 Å². The van der Waals surface area contributed by atoms with E-state index in [4.69, 9.17) is 15.6 Å². The number of rotatable bonds is 10. The van der Waals surface area contributed by atoms with Crippen LogP contribution in [0.15, 0.2) is 34.2 Å². The Hall–Kier alpha value is -2.78. The first-order chi connectivity index (χ1) is 20.4. The number of carboxylic acid groups (broad SMARTS) is 1. The van der Waals surface area contributed by atoms with Crippen molar-refractivity contribution in [1.29, 1.82) is 0 Å². The Morgan fingerprint density at radius 1 is 1.00 bits per heavy atom. The maximum atomic E-state index is 14.3. The molecule has 4 atom stereocenters. The van der Waals surface area contributed by atoms with Crippen molar-refractivity contribution in [1.82, 2.24) is 14.5 Å². The molecule has 9 nitrogen and oxygen atoms in total. The van der Waals surface area contributed by atoms with Gasteiger partial charge >= 0.3 is 5.97 Å². The fourth-order valence-electron chi connectivity index (χ4n) is 9.00. The van der Waals surface area contributed by atoms with Crippen LogP contribution >= 0.6 is 0 Å². The molecule has 4 fully saturated rings. The third kappa shape index (κ3) is 6.13. The normalized spacial score (nSPS) is 31.7. The Balaban J connectivity index is 1.32. The molecule has 2 aromatic rings. The van der Waals surface area contributed by atoms with E-state index in [9.17, 15) is 14.7 Å². The van der Waals surface area contributed by atoms with Gasteiger partial charge in [0.15, 0.2) is 5.69 Å². The monoisotopic (exact) mass is 577 g/mol. The van der Waals surface area contributed by atoms with Gasteiger partial charge in [0.05, 0.1) is 17.5 Å². The molecule has 2 saturated carbocycles. The molecule has 1 aromatic heterocycles. The van der Waals surface area contributed by atoms with Gasteiger partial charge in [-0.15, -0.1) is 0 Å². The van der Waals surface area contributed by atoms with Gasteiger partial charge in [0.25, 0.3) is 5.56 Å². The highest BCUT2D eigenvalue weighted by molar-refractivity contribution is 6.00. The number of carboxylic acids is 1. The molecule has 2 aliphatic heterocycles. The zero-order chi connectivity index (χ0) is 29.2. The number of hydrogen-bond donors (Lipinski definition) is 2. The fourth-order valence-corrected chi connectivity index (χ4v) is 9.00. The van der Waals surface area contributed by atoms with E-state index >= 15 is 0 Å². The summed E-state index contributed by atoms with van der Waals surface area (Å²) in [6.07, 6.45) is 13.0. The van der Waals surface area contributed by atoms with Crippen LogP contribution in [-0.4, -0.2) is 62.5 Å². The van der Waals surface area contributed by atoms with E-state index in [0.29, 0.717) is 43.4 Å². The van der Waals surface area contributed by atoms with Gasteiger partial charge in [-0.3, -0.25) is 14.5 Å². The summed E-state index contributed by atoms with van der Waals surface area (Å²) in [4.78, 5) is 38.9. The molecule has 4 bridgehead atoms. The summed E-state index contributed by atoms with van der Waals surface area (Å²) in [5, 5.41) is 13.6. The van der Waals surface area contributed by atoms with Crippen molar-refractivity contribution >= 4 is 22.7 Å². The third-order valence-electron chi connectivity index (χ3n) is 10.4. The quantitative estimate of drug-likeness (QED) is 0.229. The van der Waals surface area contributed by atoms with Crippen molar-refractivity contribution in [3.05, 3.63) is 40.3 Å². The molecule has 42 heavy (non-hydrogen) atoms. The van der Waals surface area contributed by atoms with E-state index < -0.39 is 5.97 Å². The Morgan fingerprint density at radius 2 is 1.71 bits per heavy atom. The second-order valence-corrected chi connectivity index (χ2v) is 13.5. The van der Waals surface area contributed by atoms with E-state index in [1.165, 1.54) is 51.4 Å². The zero-order valence-corrected chi connectivity index (χ0v) is 25.0. The van der Waals surface area contributed by atoms with Crippen molar-refractivity contribution in [3.63, 3.8) is 0 Å². The molecule has 9 heteroatoms.